The van der Waals surface area contributed by atoms with Gasteiger partial charge in [-0.15, -0.1) is 0 Å². The number of carbonyl (C=O) groups excluding carboxylic acids is 1. The van der Waals surface area contributed by atoms with Gasteiger partial charge >= 0.3 is 0 Å². The normalized spacial score (nSPS) is 21.4. The summed E-state index contributed by atoms with van der Waals surface area (Å²) in [7, 11) is 0. The van der Waals surface area contributed by atoms with Crippen LogP contribution in [-0.4, -0.2) is 38.2 Å². The molecule has 0 unspecified atom stereocenters. The lowest BCUT2D eigenvalue weighted by atomic mass is 10.0. The van der Waals surface area contributed by atoms with Crippen LogP contribution in [0, 0.1) is 13.8 Å². The molecule has 0 saturated carbocycles. The van der Waals surface area contributed by atoms with Gasteiger partial charge < -0.3 is 15.0 Å². The van der Waals surface area contributed by atoms with Gasteiger partial charge in [0, 0.05) is 18.9 Å². The molecule has 1 fully saturated rings. The Kier molecular flexibility index (Phi) is 6.25. The van der Waals surface area contributed by atoms with E-state index in [-0.39, 0.29) is 12.5 Å². The lowest BCUT2D eigenvalue weighted by molar-refractivity contribution is -0.905. The second-order valence-corrected chi connectivity index (χ2v) is 6.45. The molecule has 0 aliphatic carbocycles. The zero-order valence-corrected chi connectivity index (χ0v) is 14.1. The molecular weight excluding hydrogens is 276 g/mol. The summed E-state index contributed by atoms with van der Waals surface area (Å²) in [5, 5.41) is 3.10. The molecule has 1 aliphatic rings. The van der Waals surface area contributed by atoms with Crippen LogP contribution in [0.1, 0.15) is 37.3 Å². The molecule has 1 saturated heterocycles. The average Bonchev–Trinajstić information content (AvgIpc) is 2.47. The quantitative estimate of drug-likeness (QED) is 0.831. The Morgan fingerprint density at radius 3 is 2.45 bits per heavy atom. The predicted molar refractivity (Wildman–Crippen MR) is 88.4 cm³/mol. The van der Waals surface area contributed by atoms with Crippen molar-refractivity contribution in [3.63, 3.8) is 0 Å². The third-order valence-electron chi connectivity index (χ3n) is 4.23. The van der Waals surface area contributed by atoms with Gasteiger partial charge in [0.05, 0.1) is 19.6 Å². The average molecular weight is 305 g/mol. The van der Waals surface area contributed by atoms with Crippen LogP contribution in [0.5, 0.6) is 5.75 Å². The van der Waals surface area contributed by atoms with Crippen LogP contribution in [0.3, 0.4) is 0 Å². The van der Waals surface area contributed by atoms with Crippen LogP contribution in [-0.2, 0) is 4.79 Å². The Hall–Kier alpha value is -1.55. The molecule has 0 bridgehead atoms. The van der Waals surface area contributed by atoms with Crippen LogP contribution >= 0.6 is 0 Å². The summed E-state index contributed by atoms with van der Waals surface area (Å²) in [6, 6.07) is 6.34. The molecule has 0 radical (unpaired) electrons. The number of piperidine rings is 1. The van der Waals surface area contributed by atoms with Gasteiger partial charge in [0.15, 0.2) is 6.61 Å². The van der Waals surface area contributed by atoms with E-state index in [4.69, 9.17) is 4.74 Å². The van der Waals surface area contributed by atoms with Crippen molar-refractivity contribution in [3.05, 3.63) is 29.3 Å². The van der Waals surface area contributed by atoms with Crippen molar-refractivity contribution in [1.82, 2.24) is 5.32 Å². The number of hydrogen-bond acceptors (Lipinski definition) is 2. The third-order valence-corrected chi connectivity index (χ3v) is 4.23. The summed E-state index contributed by atoms with van der Waals surface area (Å²) in [5.74, 6) is 0.762. The first kappa shape index (κ1) is 16.8. The summed E-state index contributed by atoms with van der Waals surface area (Å²) in [5.41, 5.74) is 2.31. The maximum atomic E-state index is 12.0. The van der Waals surface area contributed by atoms with Crippen molar-refractivity contribution < 1.29 is 14.4 Å². The highest BCUT2D eigenvalue weighted by Gasteiger charge is 2.22. The SMILES string of the molecule is CCC[NH+]1CCC(NC(=O)COc2cc(C)cc(C)c2)CC1. The monoisotopic (exact) mass is 305 g/mol. The number of nitrogens with one attached hydrogen (secondary N) is 2. The van der Waals surface area contributed by atoms with E-state index in [0.717, 1.165) is 42.8 Å². The number of likely N-dealkylation sites (tertiary alicyclic amines) is 1. The van der Waals surface area contributed by atoms with Gasteiger partial charge in [-0.05, 0) is 43.5 Å². The lowest BCUT2D eigenvalue weighted by Gasteiger charge is -2.29. The number of amides is 1. The van der Waals surface area contributed by atoms with Gasteiger partial charge in [-0.3, -0.25) is 4.79 Å². The fourth-order valence-corrected chi connectivity index (χ4v) is 3.21. The van der Waals surface area contributed by atoms with Gasteiger partial charge in [0.1, 0.15) is 5.75 Å². The summed E-state index contributed by atoms with van der Waals surface area (Å²) in [4.78, 5) is 13.7. The van der Waals surface area contributed by atoms with E-state index in [1.54, 1.807) is 4.90 Å². The Labute approximate surface area is 133 Å². The highest BCUT2D eigenvalue weighted by molar-refractivity contribution is 5.77. The van der Waals surface area contributed by atoms with E-state index in [0.29, 0.717) is 6.04 Å². The zero-order valence-electron chi connectivity index (χ0n) is 14.1. The predicted octanol–water partition coefficient (Wildman–Crippen LogP) is 1.26. The third kappa shape index (κ3) is 5.34. The molecule has 0 aromatic heterocycles. The largest absolute Gasteiger partial charge is 0.484 e. The van der Waals surface area contributed by atoms with E-state index in [1.165, 1.54) is 13.0 Å². The topological polar surface area (TPSA) is 42.8 Å². The maximum Gasteiger partial charge on any atom is 0.258 e. The fourth-order valence-electron chi connectivity index (χ4n) is 3.21. The van der Waals surface area contributed by atoms with Gasteiger partial charge in [-0.2, -0.15) is 0 Å². The maximum absolute atomic E-state index is 12.0. The number of ether oxygens (including phenoxy) is 1. The molecule has 122 valence electrons. The number of rotatable bonds is 6. The molecule has 1 aromatic carbocycles. The molecule has 1 aliphatic heterocycles. The Bertz CT molecular complexity index is 474. The Morgan fingerprint density at radius 1 is 1.23 bits per heavy atom. The van der Waals surface area contributed by atoms with Gasteiger partial charge in [-0.1, -0.05) is 13.0 Å². The zero-order chi connectivity index (χ0) is 15.9. The number of hydrogen-bond donors (Lipinski definition) is 2. The van der Waals surface area contributed by atoms with Crippen LogP contribution in [0.4, 0.5) is 0 Å². The Morgan fingerprint density at radius 2 is 1.86 bits per heavy atom. The lowest BCUT2D eigenvalue weighted by Crippen LogP contribution is -3.13. The summed E-state index contributed by atoms with van der Waals surface area (Å²) < 4.78 is 5.61. The summed E-state index contributed by atoms with van der Waals surface area (Å²) in [6.45, 7) is 9.97. The molecule has 1 heterocycles. The van der Waals surface area contributed by atoms with Crippen molar-refractivity contribution in [2.24, 2.45) is 0 Å². The summed E-state index contributed by atoms with van der Waals surface area (Å²) in [6.07, 6.45) is 3.38. The molecule has 2 N–H and O–H groups in total. The van der Waals surface area contributed by atoms with E-state index < -0.39 is 0 Å². The first-order valence-electron chi connectivity index (χ1n) is 8.41. The number of aryl methyl sites for hydroxylation is 2. The van der Waals surface area contributed by atoms with E-state index in [2.05, 4.69) is 18.3 Å². The molecule has 1 aromatic rings. The van der Waals surface area contributed by atoms with E-state index in [1.807, 2.05) is 26.0 Å². The second-order valence-electron chi connectivity index (χ2n) is 6.45. The van der Waals surface area contributed by atoms with Crippen LogP contribution < -0.4 is 15.0 Å². The number of benzene rings is 1. The van der Waals surface area contributed by atoms with E-state index >= 15 is 0 Å². The van der Waals surface area contributed by atoms with Gasteiger partial charge in [0.2, 0.25) is 0 Å². The molecule has 0 atom stereocenters. The smallest absolute Gasteiger partial charge is 0.258 e. The highest BCUT2D eigenvalue weighted by atomic mass is 16.5. The number of carbonyl (C=O) groups is 1. The Balaban J connectivity index is 1.72. The minimum absolute atomic E-state index is 0.0110. The molecule has 4 nitrogen and oxygen atoms in total. The van der Waals surface area contributed by atoms with Crippen molar-refractivity contribution in [3.8, 4) is 5.75 Å². The van der Waals surface area contributed by atoms with Crippen molar-refractivity contribution in [2.45, 2.75) is 46.1 Å². The molecule has 2 rings (SSSR count). The van der Waals surface area contributed by atoms with Gasteiger partial charge in [-0.25, -0.2) is 0 Å². The fraction of sp³-hybridized carbons (Fsp3) is 0.611. The molecule has 0 spiro atoms. The van der Waals surface area contributed by atoms with Crippen LogP contribution in [0.15, 0.2) is 18.2 Å². The van der Waals surface area contributed by atoms with Crippen molar-refractivity contribution in [2.75, 3.05) is 26.2 Å². The standard InChI is InChI=1S/C18H28N2O2/c1-4-7-20-8-5-16(6-9-20)19-18(21)13-22-17-11-14(2)10-15(3)12-17/h10-12,16H,4-9,13H2,1-3H3,(H,19,21)/p+1. The van der Waals surface area contributed by atoms with Crippen molar-refractivity contribution >= 4 is 5.91 Å². The molecular formula is C18H29N2O2+. The molecule has 1 amide bonds. The minimum atomic E-state index is -0.0110. The minimum Gasteiger partial charge on any atom is -0.484 e. The van der Waals surface area contributed by atoms with Crippen LogP contribution in [0.2, 0.25) is 0 Å². The molecule has 4 heteroatoms. The van der Waals surface area contributed by atoms with Crippen molar-refractivity contribution in [1.29, 1.82) is 0 Å². The number of quaternary nitrogens is 1. The second kappa shape index (κ2) is 8.18. The van der Waals surface area contributed by atoms with Gasteiger partial charge in [0.25, 0.3) is 5.91 Å². The van der Waals surface area contributed by atoms with E-state index in [9.17, 15) is 4.79 Å². The van der Waals surface area contributed by atoms with Crippen LogP contribution in [0.25, 0.3) is 0 Å². The highest BCUT2D eigenvalue weighted by Crippen LogP contribution is 2.16. The first-order chi connectivity index (χ1) is 10.6. The summed E-state index contributed by atoms with van der Waals surface area (Å²) >= 11 is 0. The molecule has 22 heavy (non-hydrogen) atoms. The first-order valence-corrected chi connectivity index (χ1v) is 8.41.